The number of aromatic hydroxyl groups is 1. The van der Waals surface area contributed by atoms with Crippen molar-refractivity contribution in [1.82, 2.24) is 15.0 Å². The van der Waals surface area contributed by atoms with Crippen LogP contribution in [0.25, 0.3) is 10.8 Å². The van der Waals surface area contributed by atoms with Gasteiger partial charge >= 0.3 is 0 Å². The predicted molar refractivity (Wildman–Crippen MR) is 78.5 cm³/mol. The van der Waals surface area contributed by atoms with Crippen LogP contribution in [0.1, 0.15) is 0 Å². The van der Waals surface area contributed by atoms with Gasteiger partial charge < -0.3 is 10.4 Å². The Balaban J connectivity index is 2.40. The molecule has 0 spiro atoms. The van der Waals surface area contributed by atoms with Gasteiger partial charge in [-0.25, -0.2) is 23.7 Å². The fraction of sp³-hybridized carbons (Fsp3) is 0. The summed E-state index contributed by atoms with van der Waals surface area (Å²) in [5.41, 5.74) is -0.800. The molecule has 3 aromatic rings. The Morgan fingerprint density at radius 2 is 1.79 bits per heavy atom. The Hall–Kier alpha value is -2.92. The van der Waals surface area contributed by atoms with Gasteiger partial charge in [0.15, 0.2) is 11.6 Å². The van der Waals surface area contributed by atoms with E-state index in [0.29, 0.717) is 0 Å². The molecule has 0 saturated carbocycles. The van der Waals surface area contributed by atoms with Crippen molar-refractivity contribution in [3.8, 4) is 5.75 Å². The zero-order valence-electron chi connectivity index (χ0n) is 11.6. The van der Waals surface area contributed by atoms with E-state index in [4.69, 9.17) is 0 Å². The zero-order chi connectivity index (χ0) is 17.5. The minimum atomic E-state index is -4.98. The summed E-state index contributed by atoms with van der Waals surface area (Å²) in [6, 6.07) is 3.07. The van der Waals surface area contributed by atoms with E-state index in [0.717, 1.165) is 30.9 Å². The van der Waals surface area contributed by atoms with Gasteiger partial charge in [0.2, 0.25) is 5.95 Å². The van der Waals surface area contributed by atoms with Crippen molar-refractivity contribution in [1.29, 1.82) is 0 Å². The summed E-state index contributed by atoms with van der Waals surface area (Å²) in [7, 11) is -4.98. The van der Waals surface area contributed by atoms with Gasteiger partial charge in [-0.15, -0.1) is 0 Å². The maximum absolute atomic E-state index is 14.6. The first kappa shape index (κ1) is 16.0. The molecule has 0 aliphatic heterocycles. The number of hydrogen-bond donors (Lipinski definition) is 3. The number of anilines is 2. The van der Waals surface area contributed by atoms with Crippen molar-refractivity contribution in [2.45, 2.75) is 4.90 Å². The molecule has 3 N–H and O–H groups in total. The van der Waals surface area contributed by atoms with Crippen LogP contribution >= 0.6 is 0 Å². The first-order chi connectivity index (χ1) is 11.3. The molecule has 1 aromatic heterocycles. The Labute approximate surface area is 133 Å². The molecular formula is C13H8F2N4O4S. The predicted octanol–water partition coefficient (Wildman–Crippen LogP) is 2.00. The van der Waals surface area contributed by atoms with Gasteiger partial charge in [0, 0.05) is 5.39 Å². The van der Waals surface area contributed by atoms with Gasteiger partial charge in [0.25, 0.3) is 10.1 Å². The minimum absolute atomic E-state index is 0.226. The highest BCUT2D eigenvalue weighted by Gasteiger charge is 2.28. The van der Waals surface area contributed by atoms with E-state index in [2.05, 4.69) is 20.3 Å². The quantitative estimate of drug-likeness (QED) is 0.482. The first-order valence-corrected chi connectivity index (χ1v) is 7.74. The Kier molecular flexibility index (Phi) is 3.73. The SMILES string of the molecule is O=S(=O)(O)c1c(O)c(Nc2ncncn2)c(F)c2c(F)cccc12. The second kappa shape index (κ2) is 5.62. The van der Waals surface area contributed by atoms with E-state index in [1.807, 2.05) is 0 Å². The van der Waals surface area contributed by atoms with E-state index < -0.39 is 48.9 Å². The number of aromatic nitrogens is 3. The molecule has 1 heterocycles. The molecule has 0 saturated heterocycles. The van der Waals surface area contributed by atoms with Crippen molar-refractivity contribution in [2.75, 3.05) is 5.32 Å². The highest BCUT2D eigenvalue weighted by molar-refractivity contribution is 7.86. The summed E-state index contributed by atoms with van der Waals surface area (Å²) in [5, 5.41) is 11.1. The van der Waals surface area contributed by atoms with E-state index in [1.54, 1.807) is 0 Å². The molecular weight excluding hydrogens is 346 g/mol. The molecule has 0 radical (unpaired) electrons. The van der Waals surface area contributed by atoms with Crippen LogP contribution in [0.4, 0.5) is 20.4 Å². The van der Waals surface area contributed by atoms with Gasteiger partial charge in [-0.05, 0) is 6.07 Å². The molecule has 11 heteroatoms. The molecule has 124 valence electrons. The van der Waals surface area contributed by atoms with Crippen LogP contribution in [0.15, 0.2) is 35.7 Å². The number of nitrogens with one attached hydrogen (secondary N) is 1. The number of rotatable bonds is 3. The second-order valence-electron chi connectivity index (χ2n) is 4.59. The summed E-state index contributed by atoms with van der Waals surface area (Å²) < 4.78 is 61.1. The molecule has 0 atom stereocenters. The van der Waals surface area contributed by atoms with Crippen LogP contribution in [0.5, 0.6) is 5.75 Å². The number of fused-ring (bicyclic) bond motifs is 1. The Morgan fingerprint density at radius 3 is 2.42 bits per heavy atom. The van der Waals surface area contributed by atoms with Crippen LogP contribution in [0.3, 0.4) is 0 Å². The Morgan fingerprint density at radius 1 is 1.12 bits per heavy atom. The van der Waals surface area contributed by atoms with Crippen LogP contribution in [0.2, 0.25) is 0 Å². The third kappa shape index (κ3) is 2.59. The smallest absolute Gasteiger partial charge is 0.298 e. The molecule has 8 nitrogen and oxygen atoms in total. The van der Waals surface area contributed by atoms with Crippen LogP contribution < -0.4 is 5.32 Å². The monoisotopic (exact) mass is 354 g/mol. The molecule has 2 aromatic carbocycles. The van der Waals surface area contributed by atoms with E-state index >= 15 is 0 Å². The van der Waals surface area contributed by atoms with Gasteiger partial charge in [0.1, 0.15) is 29.1 Å². The summed E-state index contributed by atoms with van der Waals surface area (Å²) in [6.45, 7) is 0. The van der Waals surface area contributed by atoms with Gasteiger partial charge in [0.05, 0.1) is 5.39 Å². The van der Waals surface area contributed by atoms with Gasteiger partial charge in [-0.3, -0.25) is 4.55 Å². The van der Waals surface area contributed by atoms with Crippen LogP contribution in [-0.4, -0.2) is 33.0 Å². The molecule has 0 unspecified atom stereocenters. The summed E-state index contributed by atoms with van der Waals surface area (Å²) in [6.07, 6.45) is 2.13. The number of phenols is 1. The molecule has 0 aliphatic rings. The van der Waals surface area contributed by atoms with Crippen molar-refractivity contribution >= 4 is 32.5 Å². The van der Waals surface area contributed by atoms with Crippen LogP contribution in [-0.2, 0) is 10.1 Å². The number of phenolic OH excluding ortho intramolecular Hbond substituents is 1. The molecule has 0 fully saturated rings. The average Bonchev–Trinajstić information content (AvgIpc) is 2.51. The Bertz CT molecular complexity index is 1050. The van der Waals surface area contributed by atoms with Crippen LogP contribution in [0, 0.1) is 11.6 Å². The maximum atomic E-state index is 14.6. The number of hydrogen-bond acceptors (Lipinski definition) is 7. The van der Waals surface area contributed by atoms with E-state index in [-0.39, 0.29) is 5.95 Å². The lowest BCUT2D eigenvalue weighted by Gasteiger charge is -2.14. The topological polar surface area (TPSA) is 125 Å². The summed E-state index contributed by atoms with van der Waals surface area (Å²) in [5.74, 6) is -3.70. The minimum Gasteiger partial charge on any atom is -0.504 e. The van der Waals surface area contributed by atoms with Crippen molar-refractivity contribution < 1.29 is 26.9 Å². The third-order valence-electron chi connectivity index (χ3n) is 3.14. The average molecular weight is 354 g/mol. The lowest BCUT2D eigenvalue weighted by Crippen LogP contribution is -2.06. The third-order valence-corrected chi connectivity index (χ3v) is 4.07. The van der Waals surface area contributed by atoms with Gasteiger partial charge in [-0.1, -0.05) is 12.1 Å². The fourth-order valence-corrected chi connectivity index (χ4v) is 2.99. The highest BCUT2D eigenvalue weighted by atomic mass is 32.2. The number of halogens is 2. The van der Waals surface area contributed by atoms with Crippen molar-refractivity contribution in [3.63, 3.8) is 0 Å². The number of nitrogens with zero attached hydrogens (tertiary/aromatic N) is 3. The van der Waals surface area contributed by atoms with Crippen molar-refractivity contribution in [2.24, 2.45) is 0 Å². The first-order valence-electron chi connectivity index (χ1n) is 6.30. The molecule has 0 bridgehead atoms. The van der Waals surface area contributed by atoms with E-state index in [1.165, 1.54) is 0 Å². The largest absolute Gasteiger partial charge is 0.504 e. The normalized spacial score (nSPS) is 11.6. The maximum Gasteiger partial charge on any atom is 0.298 e. The zero-order valence-corrected chi connectivity index (χ0v) is 12.4. The molecule has 3 rings (SSSR count). The highest BCUT2D eigenvalue weighted by Crippen LogP contribution is 2.42. The lowest BCUT2D eigenvalue weighted by molar-refractivity contribution is 0.444. The molecule has 0 amide bonds. The lowest BCUT2D eigenvalue weighted by atomic mass is 10.1. The standard InChI is InChI=1S/C13H8F2N4O4S/c14-7-3-1-2-6-8(7)9(15)10(11(20)12(6)24(21,22)23)19-13-17-4-16-5-18-13/h1-5,20H,(H,21,22,23)(H,16,17,18,19). The summed E-state index contributed by atoms with van der Waals surface area (Å²) >= 11 is 0. The summed E-state index contributed by atoms with van der Waals surface area (Å²) in [4.78, 5) is 9.77. The molecule has 0 aliphatic carbocycles. The van der Waals surface area contributed by atoms with Crippen molar-refractivity contribution in [3.05, 3.63) is 42.5 Å². The molecule has 24 heavy (non-hydrogen) atoms. The van der Waals surface area contributed by atoms with E-state index in [9.17, 15) is 26.9 Å². The number of benzene rings is 2. The van der Waals surface area contributed by atoms with Gasteiger partial charge in [-0.2, -0.15) is 8.42 Å². The fourth-order valence-electron chi connectivity index (χ4n) is 2.20. The second-order valence-corrected chi connectivity index (χ2v) is 5.95.